The van der Waals surface area contributed by atoms with Crippen molar-refractivity contribution in [3.63, 3.8) is 0 Å². The summed E-state index contributed by atoms with van der Waals surface area (Å²) in [6.45, 7) is 4.35. The number of carbonyl (C=O) groups is 1. The van der Waals surface area contributed by atoms with E-state index in [1.807, 2.05) is 0 Å². The number of hydrogen-bond donors (Lipinski definition) is 3. The molecule has 1 unspecified atom stereocenters. The standard InChI is InChI=1S/C10H15NO4/c1-6(12)4-11-5-8-3-9(10(13)14)15-7(8)2/h3,6,11-12H,4-5H2,1-2H3,(H,13,14). The number of aliphatic hydroxyl groups excluding tert-OH is 1. The molecule has 1 aromatic rings. The molecule has 0 aliphatic heterocycles. The SMILES string of the molecule is Cc1oc(C(=O)O)cc1CNCC(C)O. The Hall–Kier alpha value is -1.33. The molecule has 84 valence electrons. The van der Waals surface area contributed by atoms with E-state index in [9.17, 15) is 4.79 Å². The van der Waals surface area contributed by atoms with Crippen LogP contribution < -0.4 is 5.32 Å². The first kappa shape index (κ1) is 11.7. The lowest BCUT2D eigenvalue weighted by Gasteiger charge is -2.05. The highest BCUT2D eigenvalue weighted by Gasteiger charge is 2.12. The molecule has 0 bridgehead atoms. The van der Waals surface area contributed by atoms with Crippen molar-refractivity contribution in [1.29, 1.82) is 0 Å². The predicted octanol–water partition coefficient (Wildman–Crippen LogP) is 0.757. The molecule has 0 aliphatic carbocycles. The van der Waals surface area contributed by atoms with Gasteiger partial charge in [-0.05, 0) is 19.9 Å². The van der Waals surface area contributed by atoms with Crippen LogP contribution in [0.1, 0.15) is 28.8 Å². The smallest absolute Gasteiger partial charge is 0.371 e. The topological polar surface area (TPSA) is 82.7 Å². The molecule has 1 atom stereocenters. The van der Waals surface area contributed by atoms with Crippen molar-refractivity contribution in [2.75, 3.05) is 6.54 Å². The van der Waals surface area contributed by atoms with Gasteiger partial charge in [-0.1, -0.05) is 0 Å². The summed E-state index contributed by atoms with van der Waals surface area (Å²) in [5.74, 6) is -0.535. The lowest BCUT2D eigenvalue weighted by molar-refractivity contribution is 0.0661. The normalized spacial score (nSPS) is 12.7. The Bertz CT molecular complexity index is 343. The van der Waals surface area contributed by atoms with Gasteiger partial charge >= 0.3 is 5.97 Å². The first-order chi connectivity index (χ1) is 7.00. The van der Waals surface area contributed by atoms with Gasteiger partial charge in [0.1, 0.15) is 5.76 Å². The van der Waals surface area contributed by atoms with Gasteiger partial charge < -0.3 is 19.9 Å². The van der Waals surface area contributed by atoms with E-state index in [4.69, 9.17) is 14.6 Å². The third-order valence-electron chi connectivity index (χ3n) is 1.99. The van der Waals surface area contributed by atoms with E-state index in [1.165, 1.54) is 6.07 Å². The quantitative estimate of drug-likeness (QED) is 0.672. The minimum absolute atomic E-state index is 0.0543. The maximum Gasteiger partial charge on any atom is 0.371 e. The lowest BCUT2D eigenvalue weighted by Crippen LogP contribution is -2.23. The Morgan fingerprint density at radius 2 is 2.33 bits per heavy atom. The minimum Gasteiger partial charge on any atom is -0.475 e. The Morgan fingerprint density at radius 1 is 1.67 bits per heavy atom. The van der Waals surface area contributed by atoms with E-state index in [0.29, 0.717) is 18.8 Å². The molecular formula is C10H15NO4. The van der Waals surface area contributed by atoms with Gasteiger partial charge in [-0.3, -0.25) is 0 Å². The zero-order chi connectivity index (χ0) is 11.4. The molecule has 0 saturated carbocycles. The van der Waals surface area contributed by atoms with Crippen LogP contribution >= 0.6 is 0 Å². The van der Waals surface area contributed by atoms with Crippen LogP contribution in [0.25, 0.3) is 0 Å². The molecule has 0 aromatic carbocycles. The molecule has 3 N–H and O–H groups in total. The van der Waals surface area contributed by atoms with Crippen molar-refractivity contribution in [2.45, 2.75) is 26.5 Å². The Balaban J connectivity index is 2.57. The van der Waals surface area contributed by atoms with Crippen molar-refractivity contribution in [3.8, 4) is 0 Å². The second-order valence-electron chi connectivity index (χ2n) is 3.48. The highest BCUT2D eigenvalue weighted by molar-refractivity contribution is 5.84. The number of aliphatic hydroxyl groups is 1. The molecule has 0 aliphatic rings. The molecule has 0 radical (unpaired) electrons. The summed E-state index contributed by atoms with van der Waals surface area (Å²) >= 11 is 0. The molecule has 1 rings (SSSR count). The van der Waals surface area contributed by atoms with Crippen LogP contribution in [0.15, 0.2) is 10.5 Å². The van der Waals surface area contributed by atoms with E-state index in [-0.39, 0.29) is 5.76 Å². The molecule has 5 heteroatoms. The number of rotatable bonds is 5. The largest absolute Gasteiger partial charge is 0.475 e. The summed E-state index contributed by atoms with van der Waals surface area (Å²) in [4.78, 5) is 10.6. The van der Waals surface area contributed by atoms with Gasteiger partial charge in [0.2, 0.25) is 5.76 Å². The molecule has 1 heterocycles. The van der Waals surface area contributed by atoms with E-state index in [0.717, 1.165) is 5.56 Å². The Kier molecular flexibility index (Phi) is 3.88. The fourth-order valence-corrected chi connectivity index (χ4v) is 1.22. The highest BCUT2D eigenvalue weighted by Crippen LogP contribution is 2.14. The van der Waals surface area contributed by atoms with Crippen LogP contribution in [0, 0.1) is 6.92 Å². The van der Waals surface area contributed by atoms with Gasteiger partial charge in [0.15, 0.2) is 0 Å². The third kappa shape index (κ3) is 3.38. The maximum absolute atomic E-state index is 10.6. The number of furan rings is 1. The number of aromatic carboxylic acids is 1. The van der Waals surface area contributed by atoms with E-state index < -0.39 is 12.1 Å². The second-order valence-corrected chi connectivity index (χ2v) is 3.48. The van der Waals surface area contributed by atoms with Crippen LogP contribution in [-0.4, -0.2) is 28.8 Å². The van der Waals surface area contributed by atoms with Crippen LogP contribution in [0.4, 0.5) is 0 Å². The number of aryl methyl sites for hydroxylation is 1. The molecule has 15 heavy (non-hydrogen) atoms. The molecule has 5 nitrogen and oxygen atoms in total. The van der Waals surface area contributed by atoms with Crippen LogP contribution in [0.5, 0.6) is 0 Å². The van der Waals surface area contributed by atoms with Crippen LogP contribution in [0.3, 0.4) is 0 Å². The Labute approximate surface area is 87.7 Å². The van der Waals surface area contributed by atoms with Gasteiger partial charge in [-0.25, -0.2) is 4.79 Å². The number of hydrogen-bond acceptors (Lipinski definition) is 4. The maximum atomic E-state index is 10.6. The summed E-state index contributed by atoms with van der Waals surface area (Å²) in [7, 11) is 0. The zero-order valence-electron chi connectivity index (χ0n) is 8.78. The fourth-order valence-electron chi connectivity index (χ4n) is 1.22. The number of carboxylic acids is 1. The summed E-state index contributed by atoms with van der Waals surface area (Å²) < 4.78 is 5.03. The highest BCUT2D eigenvalue weighted by atomic mass is 16.4. The minimum atomic E-state index is -1.07. The first-order valence-electron chi connectivity index (χ1n) is 4.72. The summed E-state index contributed by atoms with van der Waals surface area (Å²) in [5.41, 5.74) is 0.799. The third-order valence-corrected chi connectivity index (χ3v) is 1.99. The molecular weight excluding hydrogens is 198 g/mol. The zero-order valence-corrected chi connectivity index (χ0v) is 8.78. The van der Waals surface area contributed by atoms with Gasteiger partial charge in [0, 0.05) is 18.7 Å². The van der Waals surface area contributed by atoms with E-state index in [1.54, 1.807) is 13.8 Å². The van der Waals surface area contributed by atoms with E-state index in [2.05, 4.69) is 5.32 Å². The van der Waals surface area contributed by atoms with Gasteiger partial charge in [-0.15, -0.1) is 0 Å². The van der Waals surface area contributed by atoms with Crippen LogP contribution in [-0.2, 0) is 6.54 Å². The molecule has 0 saturated heterocycles. The predicted molar refractivity (Wildman–Crippen MR) is 53.8 cm³/mol. The fraction of sp³-hybridized carbons (Fsp3) is 0.500. The van der Waals surface area contributed by atoms with Crippen LogP contribution in [0.2, 0.25) is 0 Å². The monoisotopic (exact) mass is 213 g/mol. The summed E-state index contributed by atoms with van der Waals surface area (Å²) in [6.07, 6.45) is -0.420. The van der Waals surface area contributed by atoms with E-state index >= 15 is 0 Å². The van der Waals surface area contributed by atoms with Crippen molar-refractivity contribution < 1.29 is 19.4 Å². The lowest BCUT2D eigenvalue weighted by atomic mass is 10.2. The average molecular weight is 213 g/mol. The summed E-state index contributed by atoms with van der Waals surface area (Å²) in [6, 6.07) is 1.49. The van der Waals surface area contributed by atoms with Crippen molar-refractivity contribution in [1.82, 2.24) is 5.32 Å². The number of nitrogens with one attached hydrogen (secondary N) is 1. The molecule has 1 aromatic heterocycles. The van der Waals surface area contributed by atoms with Crippen molar-refractivity contribution in [2.24, 2.45) is 0 Å². The van der Waals surface area contributed by atoms with Gasteiger partial charge in [-0.2, -0.15) is 0 Å². The summed E-state index contributed by atoms with van der Waals surface area (Å²) in [5, 5.41) is 20.7. The van der Waals surface area contributed by atoms with Gasteiger partial charge in [0.25, 0.3) is 0 Å². The average Bonchev–Trinajstić information content (AvgIpc) is 2.47. The van der Waals surface area contributed by atoms with Gasteiger partial charge in [0.05, 0.1) is 6.10 Å². The molecule has 0 spiro atoms. The molecule has 0 amide bonds. The Morgan fingerprint density at radius 3 is 2.80 bits per heavy atom. The van der Waals surface area contributed by atoms with Crippen molar-refractivity contribution >= 4 is 5.97 Å². The number of carboxylic acid groups (broad SMARTS) is 1. The second kappa shape index (κ2) is 4.95. The van der Waals surface area contributed by atoms with Crippen molar-refractivity contribution in [3.05, 3.63) is 23.2 Å². The molecule has 0 fully saturated rings. The first-order valence-corrected chi connectivity index (χ1v) is 4.72.